The topological polar surface area (TPSA) is 26.0 Å². The Balaban J connectivity index is 2.92. The molecule has 0 fully saturated rings. The van der Waals surface area contributed by atoms with Crippen LogP contribution in [0.1, 0.15) is 37.3 Å². The van der Waals surface area contributed by atoms with Gasteiger partial charge < -0.3 is 5.73 Å². The highest BCUT2D eigenvalue weighted by Crippen LogP contribution is 2.33. The Bertz CT molecular complexity index is 257. The molecule has 2 heteroatoms. The lowest BCUT2D eigenvalue weighted by atomic mass is 9.83. The van der Waals surface area contributed by atoms with Crippen LogP contribution in [-0.2, 0) is 0 Å². The fourth-order valence-electron chi connectivity index (χ4n) is 1.18. The Hall–Kier alpha value is -0.340. The molecule has 0 aliphatic heterocycles. The van der Waals surface area contributed by atoms with Gasteiger partial charge in [-0.3, -0.25) is 0 Å². The number of hydrogen-bond acceptors (Lipinski definition) is 2. The van der Waals surface area contributed by atoms with E-state index in [1.54, 1.807) is 11.3 Å². The van der Waals surface area contributed by atoms with Gasteiger partial charge in [0.1, 0.15) is 0 Å². The lowest BCUT2D eigenvalue weighted by Crippen LogP contribution is -2.26. The van der Waals surface area contributed by atoms with Crippen LogP contribution in [0.25, 0.3) is 0 Å². The largest absolute Gasteiger partial charge is 0.323 e. The first-order valence-corrected chi connectivity index (χ1v) is 5.10. The molecule has 1 unspecified atom stereocenters. The summed E-state index contributed by atoms with van der Waals surface area (Å²) in [5, 5.41) is 2.11. The van der Waals surface area contributed by atoms with Gasteiger partial charge in [0.15, 0.2) is 0 Å². The molecule has 0 bridgehead atoms. The average molecular weight is 183 g/mol. The Morgan fingerprint density at radius 1 is 1.42 bits per heavy atom. The van der Waals surface area contributed by atoms with Crippen LogP contribution in [0.3, 0.4) is 0 Å². The van der Waals surface area contributed by atoms with Crippen LogP contribution in [-0.4, -0.2) is 0 Å². The predicted molar refractivity (Wildman–Crippen MR) is 55.4 cm³/mol. The van der Waals surface area contributed by atoms with Crippen LogP contribution in [0.15, 0.2) is 11.4 Å². The third-order valence-electron chi connectivity index (χ3n) is 2.17. The van der Waals surface area contributed by atoms with Crippen LogP contribution >= 0.6 is 11.3 Å². The second-order valence-corrected chi connectivity index (χ2v) is 5.40. The van der Waals surface area contributed by atoms with Crippen molar-refractivity contribution in [2.75, 3.05) is 0 Å². The maximum atomic E-state index is 6.12. The van der Waals surface area contributed by atoms with Gasteiger partial charge in [0.05, 0.1) is 0 Å². The fraction of sp³-hybridized carbons (Fsp3) is 0.600. The molecule has 68 valence electrons. The van der Waals surface area contributed by atoms with Crippen LogP contribution in [0, 0.1) is 12.3 Å². The summed E-state index contributed by atoms with van der Waals surface area (Å²) in [6.45, 7) is 8.66. The summed E-state index contributed by atoms with van der Waals surface area (Å²) in [5.41, 5.74) is 7.58. The van der Waals surface area contributed by atoms with E-state index in [1.807, 2.05) is 0 Å². The van der Waals surface area contributed by atoms with E-state index in [-0.39, 0.29) is 11.5 Å². The quantitative estimate of drug-likeness (QED) is 0.711. The lowest BCUT2D eigenvalue weighted by Gasteiger charge is -2.27. The Labute approximate surface area is 78.6 Å². The molecule has 0 aromatic carbocycles. The van der Waals surface area contributed by atoms with Gasteiger partial charge in [0, 0.05) is 10.9 Å². The summed E-state index contributed by atoms with van der Waals surface area (Å²) < 4.78 is 0. The molecule has 0 aliphatic carbocycles. The van der Waals surface area contributed by atoms with Gasteiger partial charge in [-0.25, -0.2) is 0 Å². The van der Waals surface area contributed by atoms with Crippen molar-refractivity contribution < 1.29 is 0 Å². The summed E-state index contributed by atoms with van der Waals surface area (Å²) in [4.78, 5) is 1.34. The van der Waals surface area contributed by atoms with Gasteiger partial charge in [-0.1, -0.05) is 20.8 Å². The summed E-state index contributed by atoms with van der Waals surface area (Å²) >= 11 is 1.77. The molecule has 0 spiro atoms. The average Bonchev–Trinajstić information content (AvgIpc) is 2.31. The molecular formula is C10H17NS. The van der Waals surface area contributed by atoms with Gasteiger partial charge in [-0.05, 0) is 29.3 Å². The lowest BCUT2D eigenvalue weighted by molar-refractivity contribution is 0.327. The van der Waals surface area contributed by atoms with E-state index in [4.69, 9.17) is 5.73 Å². The zero-order valence-electron chi connectivity index (χ0n) is 8.22. The Kier molecular flexibility index (Phi) is 2.59. The first kappa shape index (κ1) is 9.75. The minimum atomic E-state index is 0.156. The third-order valence-corrected chi connectivity index (χ3v) is 3.03. The normalized spacial score (nSPS) is 14.8. The fourth-order valence-corrected chi connectivity index (χ4v) is 1.93. The molecule has 1 nitrogen and oxygen atoms in total. The van der Waals surface area contributed by atoms with Crippen molar-refractivity contribution in [1.82, 2.24) is 0 Å². The molecule has 1 aromatic heterocycles. The Morgan fingerprint density at radius 3 is 2.33 bits per heavy atom. The van der Waals surface area contributed by atoms with Gasteiger partial charge in [-0.15, -0.1) is 11.3 Å². The maximum absolute atomic E-state index is 6.12. The van der Waals surface area contributed by atoms with Gasteiger partial charge in [0.2, 0.25) is 0 Å². The van der Waals surface area contributed by atoms with E-state index in [9.17, 15) is 0 Å². The molecule has 1 atom stereocenters. The first-order chi connectivity index (χ1) is 5.43. The third kappa shape index (κ3) is 1.87. The summed E-state index contributed by atoms with van der Waals surface area (Å²) in [5.74, 6) is 0. The number of nitrogens with two attached hydrogens (primary N) is 1. The molecule has 2 N–H and O–H groups in total. The van der Waals surface area contributed by atoms with Crippen molar-refractivity contribution in [3.05, 3.63) is 21.9 Å². The molecule has 0 radical (unpaired) electrons. The SMILES string of the molecule is Cc1sccc1C(N)C(C)(C)C. The van der Waals surface area contributed by atoms with E-state index < -0.39 is 0 Å². The van der Waals surface area contributed by atoms with E-state index in [1.165, 1.54) is 10.4 Å². The monoisotopic (exact) mass is 183 g/mol. The van der Waals surface area contributed by atoms with Crippen molar-refractivity contribution in [2.24, 2.45) is 11.1 Å². The van der Waals surface area contributed by atoms with Crippen LogP contribution in [0.4, 0.5) is 0 Å². The molecule has 1 heterocycles. The van der Waals surface area contributed by atoms with Gasteiger partial charge in [0.25, 0.3) is 0 Å². The van der Waals surface area contributed by atoms with E-state index >= 15 is 0 Å². The maximum Gasteiger partial charge on any atom is 0.0355 e. The second kappa shape index (κ2) is 3.19. The van der Waals surface area contributed by atoms with Crippen molar-refractivity contribution >= 4 is 11.3 Å². The minimum absolute atomic E-state index is 0.156. The number of thiophene rings is 1. The standard InChI is InChI=1S/C10H17NS/c1-7-8(5-6-12-7)9(11)10(2,3)4/h5-6,9H,11H2,1-4H3. The van der Waals surface area contributed by atoms with Crippen LogP contribution in [0.5, 0.6) is 0 Å². The van der Waals surface area contributed by atoms with Crippen molar-refractivity contribution in [2.45, 2.75) is 33.7 Å². The van der Waals surface area contributed by atoms with Crippen LogP contribution < -0.4 is 5.73 Å². The highest BCUT2D eigenvalue weighted by atomic mass is 32.1. The van der Waals surface area contributed by atoms with E-state index in [2.05, 4.69) is 39.1 Å². The van der Waals surface area contributed by atoms with Crippen molar-refractivity contribution in [1.29, 1.82) is 0 Å². The highest BCUT2D eigenvalue weighted by Gasteiger charge is 2.23. The summed E-state index contributed by atoms with van der Waals surface area (Å²) in [7, 11) is 0. The zero-order chi connectivity index (χ0) is 9.35. The van der Waals surface area contributed by atoms with Gasteiger partial charge in [-0.2, -0.15) is 0 Å². The summed E-state index contributed by atoms with van der Waals surface area (Å²) in [6, 6.07) is 2.29. The predicted octanol–water partition coefficient (Wildman–Crippen LogP) is 3.10. The summed E-state index contributed by atoms with van der Waals surface area (Å²) in [6.07, 6.45) is 0. The van der Waals surface area contributed by atoms with Gasteiger partial charge >= 0.3 is 0 Å². The second-order valence-electron chi connectivity index (χ2n) is 4.28. The first-order valence-electron chi connectivity index (χ1n) is 4.22. The smallest absolute Gasteiger partial charge is 0.0355 e. The van der Waals surface area contributed by atoms with E-state index in [0.29, 0.717) is 0 Å². The number of aryl methyl sites for hydroxylation is 1. The number of rotatable bonds is 1. The molecular weight excluding hydrogens is 166 g/mol. The highest BCUT2D eigenvalue weighted by molar-refractivity contribution is 7.10. The number of hydrogen-bond donors (Lipinski definition) is 1. The molecule has 1 aromatic rings. The molecule has 0 amide bonds. The Morgan fingerprint density at radius 2 is 2.00 bits per heavy atom. The van der Waals surface area contributed by atoms with E-state index in [0.717, 1.165) is 0 Å². The molecule has 0 saturated carbocycles. The van der Waals surface area contributed by atoms with Crippen molar-refractivity contribution in [3.63, 3.8) is 0 Å². The molecule has 12 heavy (non-hydrogen) atoms. The molecule has 0 saturated heterocycles. The minimum Gasteiger partial charge on any atom is -0.323 e. The molecule has 0 aliphatic rings. The molecule has 1 rings (SSSR count). The zero-order valence-corrected chi connectivity index (χ0v) is 9.03. The van der Waals surface area contributed by atoms with Crippen molar-refractivity contribution in [3.8, 4) is 0 Å². The van der Waals surface area contributed by atoms with Crippen LogP contribution in [0.2, 0.25) is 0 Å².